The van der Waals surface area contributed by atoms with Gasteiger partial charge in [0.25, 0.3) is 17.7 Å². The molecule has 25 heavy (non-hydrogen) atoms. The fourth-order valence-electron chi connectivity index (χ4n) is 2.91. The number of ether oxygens (including phenoxy) is 2. The highest BCUT2D eigenvalue weighted by atomic mass is 35.5. The number of hydrogen-bond acceptors (Lipinski definition) is 5. The summed E-state index contributed by atoms with van der Waals surface area (Å²) in [7, 11) is 1.54. The summed E-state index contributed by atoms with van der Waals surface area (Å²) in [5, 5.41) is 3.62. The maximum Gasteiger partial charge on any atom is 0.278 e. The van der Waals surface area contributed by atoms with Crippen molar-refractivity contribution in [3.63, 3.8) is 0 Å². The van der Waals surface area contributed by atoms with Gasteiger partial charge in [0.05, 0.1) is 7.11 Å². The van der Waals surface area contributed by atoms with E-state index in [1.165, 1.54) is 0 Å². The Hall–Kier alpha value is -2.34. The minimum absolute atomic E-state index is 0.0462. The first-order valence-corrected chi connectivity index (χ1v) is 8.61. The van der Waals surface area contributed by atoms with Crippen LogP contribution in [-0.2, 0) is 0 Å². The lowest BCUT2D eigenvalue weighted by Crippen LogP contribution is -2.39. The van der Waals surface area contributed by atoms with Crippen molar-refractivity contribution in [1.29, 1.82) is 0 Å². The number of benzene rings is 1. The van der Waals surface area contributed by atoms with Crippen molar-refractivity contribution < 1.29 is 14.3 Å². The molecule has 1 aromatic heterocycles. The largest absolute Gasteiger partial charge is 0.477 e. The van der Waals surface area contributed by atoms with Crippen LogP contribution in [0.15, 0.2) is 36.7 Å². The minimum Gasteiger partial charge on any atom is -0.477 e. The van der Waals surface area contributed by atoms with E-state index in [1.54, 1.807) is 43.8 Å². The van der Waals surface area contributed by atoms with Crippen LogP contribution in [0.3, 0.4) is 0 Å². The number of nitrogens with one attached hydrogen (secondary N) is 1. The van der Waals surface area contributed by atoms with Gasteiger partial charge in [0, 0.05) is 29.0 Å². The molecule has 0 saturated heterocycles. The van der Waals surface area contributed by atoms with E-state index in [4.69, 9.17) is 21.1 Å². The van der Waals surface area contributed by atoms with E-state index in [9.17, 15) is 4.79 Å². The molecule has 1 saturated carbocycles. The monoisotopic (exact) mass is 361 g/mol. The Labute approximate surface area is 151 Å². The van der Waals surface area contributed by atoms with Gasteiger partial charge in [0.1, 0.15) is 6.10 Å². The topological polar surface area (TPSA) is 73.3 Å². The summed E-state index contributed by atoms with van der Waals surface area (Å²) in [6.45, 7) is 0. The van der Waals surface area contributed by atoms with Gasteiger partial charge in [-0.05, 0) is 43.9 Å². The maximum atomic E-state index is 12.3. The first kappa shape index (κ1) is 17.5. The number of nitrogens with zero attached hydrogens (tertiary/aromatic N) is 2. The molecule has 1 aromatic carbocycles. The zero-order valence-electron chi connectivity index (χ0n) is 13.9. The van der Waals surface area contributed by atoms with Crippen LogP contribution in [0, 0.1) is 0 Å². The molecule has 1 aliphatic rings. The number of hydrogen-bond donors (Lipinski definition) is 1. The molecule has 1 heterocycles. The smallest absolute Gasteiger partial charge is 0.278 e. The fraction of sp³-hybridized carbons (Fsp3) is 0.389. The summed E-state index contributed by atoms with van der Waals surface area (Å²) in [6.07, 6.45) is 6.55. The molecule has 0 aliphatic heterocycles. The van der Waals surface area contributed by atoms with E-state index >= 15 is 0 Å². The summed E-state index contributed by atoms with van der Waals surface area (Å²) in [4.78, 5) is 20.5. The van der Waals surface area contributed by atoms with Gasteiger partial charge >= 0.3 is 0 Å². The molecule has 7 heteroatoms. The van der Waals surface area contributed by atoms with E-state index in [1.807, 2.05) is 0 Å². The van der Waals surface area contributed by atoms with Crippen molar-refractivity contribution in [3.8, 4) is 11.8 Å². The number of aromatic nitrogens is 2. The Kier molecular flexibility index (Phi) is 5.71. The third-order valence-electron chi connectivity index (χ3n) is 4.20. The third kappa shape index (κ3) is 4.60. The Balaban J connectivity index is 1.51. The summed E-state index contributed by atoms with van der Waals surface area (Å²) in [5.74, 6) is 0.706. The Morgan fingerprint density at radius 1 is 1.16 bits per heavy atom. The van der Waals surface area contributed by atoms with Crippen LogP contribution in [0.5, 0.6) is 11.8 Å². The molecule has 0 unspecified atom stereocenters. The number of halogens is 1. The average Bonchev–Trinajstić information content (AvgIpc) is 2.64. The van der Waals surface area contributed by atoms with Crippen LogP contribution in [0.4, 0.5) is 0 Å². The number of carbonyl (C=O) groups is 1. The van der Waals surface area contributed by atoms with Crippen LogP contribution in [0.1, 0.15) is 36.0 Å². The van der Waals surface area contributed by atoms with E-state index < -0.39 is 0 Å². The van der Waals surface area contributed by atoms with Crippen LogP contribution >= 0.6 is 11.6 Å². The van der Waals surface area contributed by atoms with Gasteiger partial charge in [0.15, 0.2) is 0 Å². The van der Waals surface area contributed by atoms with Crippen LogP contribution in [0.2, 0.25) is 5.02 Å². The summed E-state index contributed by atoms with van der Waals surface area (Å²) < 4.78 is 11.1. The van der Waals surface area contributed by atoms with Crippen molar-refractivity contribution >= 4 is 17.5 Å². The summed E-state index contributed by atoms with van der Waals surface area (Å²) in [5.41, 5.74) is 0.579. The minimum atomic E-state index is -0.0949. The lowest BCUT2D eigenvalue weighted by molar-refractivity contribution is 0.0886. The molecular formula is C18H20ClN3O3. The highest BCUT2D eigenvalue weighted by Gasteiger charge is 2.25. The molecule has 0 radical (unpaired) electrons. The van der Waals surface area contributed by atoms with Crippen molar-refractivity contribution in [2.24, 2.45) is 0 Å². The third-order valence-corrected chi connectivity index (χ3v) is 4.44. The number of carbonyl (C=O) groups excluding carboxylic acids is 1. The zero-order valence-corrected chi connectivity index (χ0v) is 14.7. The molecule has 1 amide bonds. The number of amides is 1. The van der Waals surface area contributed by atoms with Crippen molar-refractivity contribution in [1.82, 2.24) is 15.3 Å². The predicted molar refractivity (Wildman–Crippen MR) is 94.2 cm³/mol. The van der Waals surface area contributed by atoms with Crippen molar-refractivity contribution in [3.05, 3.63) is 47.2 Å². The van der Waals surface area contributed by atoms with Gasteiger partial charge in [-0.25, -0.2) is 9.97 Å². The second kappa shape index (κ2) is 8.16. The lowest BCUT2D eigenvalue weighted by atomic mass is 9.92. The first-order chi connectivity index (χ1) is 12.2. The molecule has 0 atom stereocenters. The van der Waals surface area contributed by atoms with Crippen LogP contribution in [-0.4, -0.2) is 35.1 Å². The van der Waals surface area contributed by atoms with Crippen molar-refractivity contribution in [2.75, 3.05) is 7.11 Å². The number of methoxy groups -OCH3 is 1. The van der Waals surface area contributed by atoms with Gasteiger partial charge in [-0.1, -0.05) is 17.7 Å². The lowest BCUT2D eigenvalue weighted by Gasteiger charge is -2.29. The fourth-order valence-corrected chi connectivity index (χ4v) is 3.10. The Morgan fingerprint density at radius 3 is 2.56 bits per heavy atom. The SMILES string of the molecule is COc1nccnc1OC1CCC(NC(=O)c2cccc(Cl)c2)CC1. The second-order valence-corrected chi connectivity index (χ2v) is 6.38. The van der Waals surface area contributed by atoms with E-state index in [-0.39, 0.29) is 18.1 Å². The zero-order chi connectivity index (χ0) is 17.6. The quantitative estimate of drug-likeness (QED) is 0.884. The molecule has 0 spiro atoms. The Morgan fingerprint density at radius 2 is 1.88 bits per heavy atom. The molecule has 1 N–H and O–H groups in total. The molecule has 2 aromatic rings. The standard InChI is InChI=1S/C18H20ClN3O3/c1-24-17-18(21-10-9-20-17)25-15-7-5-14(6-8-15)22-16(23)12-3-2-4-13(19)11-12/h2-4,9-11,14-15H,5-8H2,1H3,(H,22,23). The Bertz CT molecular complexity index is 733. The van der Waals surface area contributed by atoms with E-state index in [0.717, 1.165) is 25.7 Å². The average molecular weight is 362 g/mol. The molecule has 0 bridgehead atoms. The molecule has 3 rings (SSSR count). The van der Waals surface area contributed by atoms with E-state index in [0.29, 0.717) is 22.3 Å². The van der Waals surface area contributed by atoms with Gasteiger partial charge in [-0.15, -0.1) is 0 Å². The molecule has 6 nitrogen and oxygen atoms in total. The van der Waals surface area contributed by atoms with Crippen LogP contribution in [0.25, 0.3) is 0 Å². The maximum absolute atomic E-state index is 12.3. The van der Waals surface area contributed by atoms with Crippen LogP contribution < -0.4 is 14.8 Å². The van der Waals surface area contributed by atoms with Gasteiger partial charge in [-0.2, -0.15) is 0 Å². The van der Waals surface area contributed by atoms with Gasteiger partial charge in [0.2, 0.25) is 0 Å². The van der Waals surface area contributed by atoms with E-state index in [2.05, 4.69) is 15.3 Å². The highest BCUT2D eigenvalue weighted by molar-refractivity contribution is 6.30. The molecule has 132 valence electrons. The normalized spacial score (nSPS) is 19.9. The molecule has 1 fully saturated rings. The summed E-state index contributed by atoms with van der Waals surface area (Å²) in [6, 6.07) is 7.09. The van der Waals surface area contributed by atoms with Gasteiger partial charge in [-0.3, -0.25) is 4.79 Å². The number of rotatable bonds is 5. The first-order valence-electron chi connectivity index (χ1n) is 8.24. The van der Waals surface area contributed by atoms with Crippen molar-refractivity contribution in [2.45, 2.75) is 37.8 Å². The molecular weight excluding hydrogens is 342 g/mol. The summed E-state index contributed by atoms with van der Waals surface area (Å²) >= 11 is 5.93. The molecule has 1 aliphatic carbocycles. The second-order valence-electron chi connectivity index (χ2n) is 5.95. The highest BCUT2D eigenvalue weighted by Crippen LogP contribution is 2.27. The van der Waals surface area contributed by atoms with Gasteiger partial charge < -0.3 is 14.8 Å². The predicted octanol–water partition coefficient (Wildman–Crippen LogP) is 3.26.